The number of benzene rings is 1. The van der Waals surface area contributed by atoms with Crippen LogP contribution in [-0.4, -0.2) is 33.3 Å². The van der Waals surface area contributed by atoms with E-state index in [2.05, 4.69) is 10.1 Å². The minimum absolute atomic E-state index is 0.531. The van der Waals surface area contributed by atoms with Crippen LogP contribution in [0.15, 0.2) is 22.2 Å². The summed E-state index contributed by atoms with van der Waals surface area (Å²) in [6.07, 6.45) is 1.56. The summed E-state index contributed by atoms with van der Waals surface area (Å²) < 4.78 is 15.7. The average molecular weight is 251 g/mol. The number of hydrazone groups is 1. The third-order valence-corrected chi connectivity index (χ3v) is 2.25. The highest BCUT2D eigenvalue weighted by Gasteiger charge is 2.12. The minimum atomic E-state index is 0.531. The van der Waals surface area contributed by atoms with Gasteiger partial charge in [0.1, 0.15) is 0 Å². The molecule has 0 spiro atoms. The van der Waals surface area contributed by atoms with E-state index in [0.29, 0.717) is 28.6 Å². The molecule has 0 atom stereocenters. The number of hydrogen-bond donors (Lipinski definition) is 1. The van der Waals surface area contributed by atoms with Crippen molar-refractivity contribution in [1.29, 1.82) is 0 Å². The second-order valence-corrected chi connectivity index (χ2v) is 3.41. The monoisotopic (exact) mass is 251 g/mol. The van der Waals surface area contributed by atoms with Gasteiger partial charge in [0, 0.05) is 12.1 Å². The molecule has 1 aromatic carbocycles. The normalized spacial score (nSPS) is 11.7. The van der Waals surface area contributed by atoms with Crippen LogP contribution < -0.4 is 20.1 Å². The highest BCUT2D eigenvalue weighted by molar-refractivity contribution is 6.29. The molecule has 1 rings (SSSR count). The van der Waals surface area contributed by atoms with Crippen molar-refractivity contribution in [3.8, 4) is 17.2 Å². The van der Waals surface area contributed by atoms with Crippen LogP contribution in [0.4, 0.5) is 5.69 Å². The molecule has 0 fully saturated rings. The molecular formula is C12H17N3O3. The van der Waals surface area contributed by atoms with E-state index >= 15 is 0 Å². The van der Waals surface area contributed by atoms with E-state index in [0.717, 1.165) is 0 Å². The van der Waals surface area contributed by atoms with Gasteiger partial charge in [-0.2, -0.15) is 5.10 Å². The summed E-state index contributed by atoms with van der Waals surface area (Å²) in [5.74, 6) is 6.75. The largest absolute Gasteiger partial charge is 0.493 e. The lowest BCUT2D eigenvalue weighted by Gasteiger charge is -2.12. The SMILES string of the molecule is COc1cc(N=CC(C)=NN)cc(OC)c1OC. The Balaban J connectivity index is 3.19. The Bertz CT molecular complexity index is 445. The second-order valence-electron chi connectivity index (χ2n) is 3.41. The van der Waals surface area contributed by atoms with Gasteiger partial charge in [-0.3, -0.25) is 4.99 Å². The van der Waals surface area contributed by atoms with E-state index in [9.17, 15) is 0 Å². The smallest absolute Gasteiger partial charge is 0.203 e. The van der Waals surface area contributed by atoms with Gasteiger partial charge < -0.3 is 20.1 Å². The lowest BCUT2D eigenvalue weighted by Crippen LogP contribution is -1.97. The summed E-state index contributed by atoms with van der Waals surface area (Å²) in [5.41, 5.74) is 1.27. The molecule has 6 nitrogen and oxygen atoms in total. The molecule has 0 unspecified atom stereocenters. The maximum absolute atomic E-state index is 5.22. The third-order valence-electron chi connectivity index (χ3n) is 2.25. The van der Waals surface area contributed by atoms with Crippen molar-refractivity contribution in [3.05, 3.63) is 12.1 Å². The van der Waals surface area contributed by atoms with Crippen molar-refractivity contribution in [2.24, 2.45) is 15.9 Å². The first kappa shape index (κ1) is 13.8. The van der Waals surface area contributed by atoms with Gasteiger partial charge >= 0.3 is 0 Å². The van der Waals surface area contributed by atoms with E-state index in [1.54, 1.807) is 46.6 Å². The summed E-state index contributed by atoms with van der Waals surface area (Å²) >= 11 is 0. The lowest BCUT2D eigenvalue weighted by molar-refractivity contribution is 0.324. The zero-order valence-corrected chi connectivity index (χ0v) is 10.9. The van der Waals surface area contributed by atoms with Crippen LogP contribution in [0, 0.1) is 0 Å². The van der Waals surface area contributed by atoms with Crippen molar-refractivity contribution in [1.82, 2.24) is 0 Å². The Morgan fingerprint density at radius 3 is 2.06 bits per heavy atom. The molecule has 0 aliphatic carbocycles. The Kier molecular flexibility index (Phi) is 4.98. The maximum Gasteiger partial charge on any atom is 0.203 e. The summed E-state index contributed by atoms with van der Waals surface area (Å²) in [7, 11) is 4.66. The number of aliphatic imine (C=N–C) groups is 1. The predicted octanol–water partition coefficient (Wildman–Crippen LogP) is 1.75. The van der Waals surface area contributed by atoms with Crippen LogP contribution in [0.2, 0.25) is 0 Å². The van der Waals surface area contributed by atoms with Gasteiger partial charge in [-0.05, 0) is 6.92 Å². The third kappa shape index (κ3) is 3.13. The van der Waals surface area contributed by atoms with Gasteiger partial charge in [-0.15, -0.1) is 0 Å². The highest BCUT2D eigenvalue weighted by Crippen LogP contribution is 2.40. The van der Waals surface area contributed by atoms with Gasteiger partial charge in [-0.25, -0.2) is 0 Å². The number of ether oxygens (including phenoxy) is 3. The highest BCUT2D eigenvalue weighted by atomic mass is 16.5. The molecule has 0 bridgehead atoms. The summed E-state index contributed by atoms with van der Waals surface area (Å²) in [5, 5.41) is 3.50. The number of hydrogen-bond acceptors (Lipinski definition) is 6. The molecule has 0 aliphatic rings. The molecule has 6 heteroatoms. The summed E-state index contributed by atoms with van der Waals surface area (Å²) in [4.78, 5) is 4.22. The van der Waals surface area contributed by atoms with Gasteiger partial charge in [0.2, 0.25) is 5.75 Å². The Morgan fingerprint density at radius 2 is 1.67 bits per heavy atom. The molecule has 0 saturated carbocycles. The number of methoxy groups -OCH3 is 3. The van der Waals surface area contributed by atoms with Crippen molar-refractivity contribution in [2.45, 2.75) is 6.92 Å². The number of nitrogens with two attached hydrogens (primary N) is 1. The first-order valence-corrected chi connectivity index (χ1v) is 5.24. The Hall–Kier alpha value is -2.24. The molecule has 0 aliphatic heterocycles. The molecule has 0 heterocycles. The second kappa shape index (κ2) is 6.48. The topological polar surface area (TPSA) is 78.4 Å². The number of nitrogens with zero attached hydrogens (tertiary/aromatic N) is 2. The molecule has 98 valence electrons. The lowest BCUT2D eigenvalue weighted by atomic mass is 10.2. The first-order chi connectivity index (χ1) is 8.65. The molecule has 2 N–H and O–H groups in total. The van der Waals surface area contributed by atoms with E-state index in [-0.39, 0.29) is 0 Å². The van der Waals surface area contributed by atoms with Crippen LogP contribution >= 0.6 is 0 Å². The standard InChI is InChI=1S/C12H17N3O3/c1-8(15-13)7-14-9-5-10(16-2)12(18-4)11(6-9)17-3/h5-7H,13H2,1-4H3. The summed E-state index contributed by atoms with van der Waals surface area (Å²) in [6, 6.07) is 3.48. The molecule has 0 saturated heterocycles. The van der Waals surface area contributed by atoms with Crippen LogP contribution in [0.1, 0.15) is 6.92 Å². The van der Waals surface area contributed by atoms with Gasteiger partial charge in [-0.1, -0.05) is 0 Å². The van der Waals surface area contributed by atoms with Crippen molar-refractivity contribution in [3.63, 3.8) is 0 Å². The van der Waals surface area contributed by atoms with E-state index in [1.165, 1.54) is 0 Å². The number of rotatable bonds is 5. The zero-order chi connectivity index (χ0) is 13.5. The first-order valence-electron chi connectivity index (χ1n) is 5.24. The van der Waals surface area contributed by atoms with Gasteiger partial charge in [0.05, 0.1) is 38.9 Å². The average Bonchev–Trinajstić information content (AvgIpc) is 2.43. The molecule has 0 amide bonds. The fourth-order valence-electron chi connectivity index (χ4n) is 1.34. The van der Waals surface area contributed by atoms with Crippen molar-refractivity contribution >= 4 is 17.6 Å². The summed E-state index contributed by atoms with van der Waals surface area (Å²) in [6.45, 7) is 1.75. The zero-order valence-electron chi connectivity index (χ0n) is 10.9. The van der Waals surface area contributed by atoms with Gasteiger partial charge in [0.25, 0.3) is 0 Å². The van der Waals surface area contributed by atoms with Crippen LogP contribution in [-0.2, 0) is 0 Å². The van der Waals surface area contributed by atoms with Crippen LogP contribution in [0.5, 0.6) is 17.2 Å². The van der Waals surface area contributed by atoms with Crippen LogP contribution in [0.3, 0.4) is 0 Å². The molecule has 18 heavy (non-hydrogen) atoms. The van der Waals surface area contributed by atoms with Crippen LogP contribution in [0.25, 0.3) is 0 Å². The van der Waals surface area contributed by atoms with E-state index in [4.69, 9.17) is 20.1 Å². The quantitative estimate of drug-likeness (QED) is 0.491. The molecule has 0 radical (unpaired) electrons. The van der Waals surface area contributed by atoms with E-state index in [1.807, 2.05) is 0 Å². The molecule has 0 aromatic heterocycles. The fraction of sp³-hybridized carbons (Fsp3) is 0.333. The predicted molar refractivity (Wildman–Crippen MR) is 71.5 cm³/mol. The van der Waals surface area contributed by atoms with Crippen molar-refractivity contribution < 1.29 is 14.2 Å². The Labute approximate surface area is 106 Å². The Morgan fingerprint density at radius 1 is 1.11 bits per heavy atom. The van der Waals surface area contributed by atoms with E-state index < -0.39 is 0 Å². The fourth-order valence-corrected chi connectivity index (χ4v) is 1.34. The molecular weight excluding hydrogens is 234 g/mol. The molecule has 1 aromatic rings. The van der Waals surface area contributed by atoms with Gasteiger partial charge in [0.15, 0.2) is 11.5 Å². The maximum atomic E-state index is 5.22. The minimum Gasteiger partial charge on any atom is -0.493 e. The van der Waals surface area contributed by atoms with Crippen molar-refractivity contribution in [2.75, 3.05) is 21.3 Å².